The summed E-state index contributed by atoms with van der Waals surface area (Å²) < 4.78 is 0. The molecule has 2 heterocycles. The zero-order chi connectivity index (χ0) is 38.0. The highest BCUT2D eigenvalue weighted by atomic mass is 16.3. The van der Waals surface area contributed by atoms with Crippen LogP contribution in [-0.4, -0.2) is 33.7 Å². The molecule has 9 rings (SSSR count). The van der Waals surface area contributed by atoms with Gasteiger partial charge in [-0.25, -0.2) is 0 Å². The first-order chi connectivity index (χ1) is 26.7. The molecular weight excluding hydrogens is 689 g/mol. The predicted octanol–water partition coefficient (Wildman–Crippen LogP) is 7.94. The van der Waals surface area contributed by atoms with E-state index in [1.54, 1.807) is 18.2 Å². The number of phenolic OH excluding ortho intramolecular Hbond substituents is 1. The Morgan fingerprint density at radius 2 is 1.35 bits per heavy atom. The van der Waals surface area contributed by atoms with Crippen molar-refractivity contribution in [3.8, 4) is 5.75 Å². The van der Waals surface area contributed by atoms with Crippen molar-refractivity contribution >= 4 is 46.4 Å². The van der Waals surface area contributed by atoms with E-state index in [-0.39, 0.29) is 35.8 Å². The molecule has 55 heavy (non-hydrogen) atoms. The SMILES string of the molecule is Cc1ccc(NN2C(=O)[C@@H]3C[C@@H]4C(=CC[C@@H]5C(=O)N(c6ccc(Nc7ccccc7)cc6)C(=O)[C@@H]54)[C@H](c4ccc(O)c(C)c4)[C@]3(c3ccccc3)C2=O)cc1. The summed E-state index contributed by atoms with van der Waals surface area (Å²) in [5, 5.41) is 15.1. The molecule has 9 heteroatoms. The standard InChI is InChI=1S/C46H40N4O5/c1-27-13-16-33(17-14-27)48-50-43(53)38-26-37-35(41(29-15-24-39(51)28(2)25-29)46(38,45(50)55)30-9-5-3-6-10-30)22-23-36-40(37)44(54)49(42(36)52)34-20-18-32(19-21-34)47-31-11-7-4-8-12-31/h3-22,24-25,36-38,40-41,47-48,51H,23,26H2,1-2H3/t36-,37+,38-,40-,41-,46+/m0/s1. The zero-order valence-electron chi connectivity index (χ0n) is 30.5. The van der Waals surface area contributed by atoms with Crippen LogP contribution < -0.4 is 15.6 Å². The molecule has 5 aromatic rings. The number of hydrogen-bond donors (Lipinski definition) is 3. The summed E-state index contributed by atoms with van der Waals surface area (Å²) in [5.41, 5.74) is 8.59. The smallest absolute Gasteiger partial charge is 0.260 e. The van der Waals surface area contributed by atoms with Gasteiger partial charge < -0.3 is 10.4 Å². The third kappa shape index (κ3) is 5.36. The lowest BCUT2D eigenvalue weighted by atomic mass is 9.49. The van der Waals surface area contributed by atoms with E-state index in [1.807, 2.05) is 123 Å². The van der Waals surface area contributed by atoms with E-state index >= 15 is 4.79 Å². The first kappa shape index (κ1) is 34.3. The monoisotopic (exact) mass is 728 g/mol. The number of hydrogen-bond acceptors (Lipinski definition) is 7. The summed E-state index contributed by atoms with van der Waals surface area (Å²) in [6.45, 7) is 3.78. The largest absolute Gasteiger partial charge is 0.508 e. The minimum Gasteiger partial charge on any atom is -0.508 e. The van der Waals surface area contributed by atoms with Crippen LogP contribution in [0.1, 0.15) is 41.0 Å². The number of benzene rings is 5. The lowest BCUT2D eigenvalue weighted by Crippen LogP contribution is -2.53. The molecule has 274 valence electrons. The number of phenols is 1. The Morgan fingerprint density at radius 3 is 2.04 bits per heavy atom. The van der Waals surface area contributed by atoms with Crippen LogP contribution in [0.3, 0.4) is 0 Å². The number of nitrogens with zero attached hydrogens (tertiary/aromatic N) is 2. The molecule has 6 atom stereocenters. The van der Waals surface area contributed by atoms with Crippen molar-refractivity contribution in [3.05, 3.63) is 161 Å². The van der Waals surface area contributed by atoms with Crippen LogP contribution in [0.15, 0.2) is 139 Å². The van der Waals surface area contributed by atoms with E-state index in [1.165, 1.54) is 4.90 Å². The van der Waals surface area contributed by atoms with E-state index in [0.29, 0.717) is 28.9 Å². The minimum atomic E-state index is -1.37. The number of allylic oxidation sites excluding steroid dienone is 2. The molecule has 4 amide bonds. The number of para-hydroxylation sites is 1. The van der Waals surface area contributed by atoms with Gasteiger partial charge in [0.25, 0.3) is 11.8 Å². The molecule has 9 nitrogen and oxygen atoms in total. The number of hydrazine groups is 1. The Labute approximate surface area is 319 Å². The molecule has 0 bridgehead atoms. The molecule has 5 aromatic carbocycles. The number of aryl methyl sites for hydroxylation is 2. The number of nitrogens with one attached hydrogen (secondary N) is 2. The van der Waals surface area contributed by atoms with Crippen molar-refractivity contribution in [1.29, 1.82) is 0 Å². The van der Waals surface area contributed by atoms with Gasteiger partial charge in [0.05, 0.1) is 34.5 Å². The molecule has 0 unspecified atom stereocenters. The van der Waals surface area contributed by atoms with Crippen molar-refractivity contribution < 1.29 is 24.3 Å². The quantitative estimate of drug-likeness (QED) is 0.115. The highest BCUT2D eigenvalue weighted by molar-refractivity contribution is 6.22. The second-order valence-corrected chi connectivity index (χ2v) is 15.2. The van der Waals surface area contributed by atoms with E-state index in [2.05, 4.69) is 16.8 Å². The number of amides is 4. The maximum absolute atomic E-state index is 15.3. The molecular formula is C46H40N4O5. The number of fused-ring (bicyclic) bond motifs is 4. The van der Waals surface area contributed by atoms with Gasteiger partial charge in [0.2, 0.25) is 11.8 Å². The van der Waals surface area contributed by atoms with Crippen molar-refractivity contribution in [2.75, 3.05) is 15.6 Å². The van der Waals surface area contributed by atoms with Crippen molar-refractivity contribution in [2.24, 2.45) is 23.7 Å². The average Bonchev–Trinajstić information content (AvgIpc) is 3.58. The van der Waals surface area contributed by atoms with E-state index in [9.17, 15) is 19.5 Å². The van der Waals surface area contributed by atoms with Crippen LogP contribution in [0.25, 0.3) is 0 Å². The molecule has 0 aromatic heterocycles. The molecule has 3 N–H and O–H groups in total. The van der Waals surface area contributed by atoms with Crippen molar-refractivity contribution in [1.82, 2.24) is 5.01 Å². The fraction of sp³-hybridized carbons (Fsp3) is 0.217. The average molecular weight is 729 g/mol. The maximum atomic E-state index is 15.3. The number of anilines is 4. The maximum Gasteiger partial charge on any atom is 0.260 e. The van der Waals surface area contributed by atoms with Gasteiger partial charge in [0.1, 0.15) is 5.75 Å². The number of imide groups is 2. The van der Waals surface area contributed by atoms with E-state index in [0.717, 1.165) is 33.1 Å². The van der Waals surface area contributed by atoms with Gasteiger partial charge in [0, 0.05) is 17.3 Å². The molecule has 1 saturated carbocycles. The van der Waals surface area contributed by atoms with Crippen molar-refractivity contribution in [2.45, 2.75) is 38.0 Å². The number of carbonyl (C=O) groups excluding carboxylic acids is 4. The number of rotatable bonds is 7. The molecule has 0 radical (unpaired) electrons. The van der Waals surface area contributed by atoms with Crippen molar-refractivity contribution in [3.63, 3.8) is 0 Å². The molecule has 3 fully saturated rings. The fourth-order valence-electron chi connectivity index (χ4n) is 9.62. The van der Waals surface area contributed by atoms with Crippen LogP contribution >= 0.6 is 0 Å². The van der Waals surface area contributed by atoms with Gasteiger partial charge >= 0.3 is 0 Å². The summed E-state index contributed by atoms with van der Waals surface area (Å²) in [6.07, 6.45) is 2.58. The van der Waals surface area contributed by atoms with Crippen LogP contribution in [-0.2, 0) is 24.6 Å². The Hall–Kier alpha value is -6.48. The Balaban J connectivity index is 1.14. The van der Waals surface area contributed by atoms with E-state index < -0.39 is 35.0 Å². The lowest BCUT2D eigenvalue weighted by Gasteiger charge is -2.50. The molecule has 2 saturated heterocycles. The first-order valence-corrected chi connectivity index (χ1v) is 18.7. The van der Waals surface area contributed by atoms with Crippen LogP contribution in [0.2, 0.25) is 0 Å². The van der Waals surface area contributed by atoms with Gasteiger partial charge in [-0.2, -0.15) is 5.01 Å². The van der Waals surface area contributed by atoms with Crippen LogP contribution in [0, 0.1) is 37.5 Å². The lowest BCUT2D eigenvalue weighted by molar-refractivity contribution is -0.138. The minimum absolute atomic E-state index is 0.118. The molecule has 0 spiro atoms. The van der Waals surface area contributed by atoms with Gasteiger partial charge in [-0.15, -0.1) is 0 Å². The molecule has 2 aliphatic carbocycles. The first-order valence-electron chi connectivity index (χ1n) is 18.7. The van der Waals surface area contributed by atoms with Gasteiger partial charge in [-0.3, -0.25) is 29.5 Å². The Kier molecular flexibility index (Phi) is 8.18. The van der Waals surface area contributed by atoms with Crippen LogP contribution in [0.5, 0.6) is 5.75 Å². The predicted molar refractivity (Wildman–Crippen MR) is 210 cm³/mol. The van der Waals surface area contributed by atoms with Crippen LogP contribution in [0.4, 0.5) is 22.7 Å². The second kappa shape index (κ2) is 13.1. The third-order valence-electron chi connectivity index (χ3n) is 12.1. The summed E-state index contributed by atoms with van der Waals surface area (Å²) in [7, 11) is 0. The normalized spacial score (nSPS) is 25.6. The Bertz CT molecular complexity index is 2380. The topological polar surface area (TPSA) is 119 Å². The van der Waals surface area contributed by atoms with Gasteiger partial charge in [-0.05, 0) is 104 Å². The third-order valence-corrected chi connectivity index (χ3v) is 12.1. The summed E-state index contributed by atoms with van der Waals surface area (Å²) in [6, 6.07) is 39.3. The zero-order valence-corrected chi connectivity index (χ0v) is 30.5. The fourth-order valence-corrected chi connectivity index (χ4v) is 9.62. The second-order valence-electron chi connectivity index (χ2n) is 15.2. The highest BCUT2D eigenvalue weighted by Crippen LogP contribution is 2.64. The molecule has 2 aliphatic heterocycles. The van der Waals surface area contributed by atoms with E-state index in [4.69, 9.17) is 0 Å². The number of carbonyl (C=O) groups is 4. The summed E-state index contributed by atoms with van der Waals surface area (Å²) >= 11 is 0. The highest BCUT2D eigenvalue weighted by Gasteiger charge is 2.70. The number of aromatic hydroxyl groups is 1. The van der Waals surface area contributed by atoms with Gasteiger partial charge in [-0.1, -0.05) is 90.0 Å². The molecule has 4 aliphatic rings. The summed E-state index contributed by atoms with van der Waals surface area (Å²) in [4.78, 5) is 60.4. The Morgan fingerprint density at radius 1 is 0.691 bits per heavy atom. The van der Waals surface area contributed by atoms with Gasteiger partial charge in [0.15, 0.2) is 0 Å². The summed E-state index contributed by atoms with van der Waals surface area (Å²) in [5.74, 6) is -4.55.